The second-order valence-corrected chi connectivity index (χ2v) is 2.44. The molecule has 0 bridgehead atoms. The van der Waals surface area contributed by atoms with Crippen molar-refractivity contribution in [2.75, 3.05) is 7.11 Å². The zero-order valence-electron chi connectivity index (χ0n) is 7.62. The normalized spacial score (nSPS) is 10.1. The lowest BCUT2D eigenvalue weighted by Gasteiger charge is -2.04. The van der Waals surface area contributed by atoms with E-state index in [1.54, 1.807) is 0 Å². The molecule has 15 heavy (non-hydrogen) atoms. The van der Waals surface area contributed by atoms with Crippen LogP contribution in [0.1, 0.15) is 10.4 Å². The van der Waals surface area contributed by atoms with Crippen molar-refractivity contribution in [3.8, 4) is 5.88 Å². The second kappa shape index (κ2) is 4.54. The van der Waals surface area contributed by atoms with Gasteiger partial charge in [-0.1, -0.05) is 0 Å². The van der Waals surface area contributed by atoms with Gasteiger partial charge < -0.3 is 9.47 Å². The fourth-order valence-electron chi connectivity index (χ4n) is 0.891. The number of alkyl halides is 2. The number of ether oxygens (including phenoxy) is 2. The van der Waals surface area contributed by atoms with Gasteiger partial charge in [-0.3, -0.25) is 9.78 Å². The molecule has 1 N–H and O–H groups in total. The lowest BCUT2D eigenvalue weighted by molar-refractivity contribution is -0.0529. The van der Waals surface area contributed by atoms with E-state index < -0.39 is 24.0 Å². The average Bonchev–Trinajstić information content (AvgIpc) is 2.16. The van der Waals surface area contributed by atoms with E-state index in [-0.39, 0.29) is 5.56 Å². The number of hydrogen-bond donors (Lipinski definition) is 1. The van der Waals surface area contributed by atoms with Crippen LogP contribution in [0.5, 0.6) is 5.88 Å². The molecule has 0 atom stereocenters. The predicted molar refractivity (Wildman–Crippen MR) is 45.0 cm³/mol. The number of aromatic amines is 1. The van der Waals surface area contributed by atoms with Crippen molar-refractivity contribution >= 4 is 5.97 Å². The molecule has 5 nitrogen and oxygen atoms in total. The average molecular weight is 219 g/mol. The first-order chi connectivity index (χ1) is 7.04. The number of nitrogens with one attached hydrogen (secondary N) is 1. The number of H-pyrrole nitrogens is 1. The van der Waals surface area contributed by atoms with Crippen LogP contribution >= 0.6 is 0 Å². The second-order valence-electron chi connectivity index (χ2n) is 2.44. The van der Waals surface area contributed by atoms with Gasteiger partial charge in [0.1, 0.15) is 5.56 Å². The van der Waals surface area contributed by atoms with Gasteiger partial charge in [0.15, 0.2) is 5.88 Å². The molecule has 0 aromatic carbocycles. The van der Waals surface area contributed by atoms with Gasteiger partial charge in [-0.15, -0.1) is 0 Å². The SMILES string of the molecule is COC(=O)c1ccc(OC(F)F)[nH]c1=O. The van der Waals surface area contributed by atoms with Gasteiger partial charge in [0.2, 0.25) is 0 Å². The van der Waals surface area contributed by atoms with Gasteiger partial charge in [0, 0.05) is 0 Å². The van der Waals surface area contributed by atoms with Crippen molar-refractivity contribution in [3.63, 3.8) is 0 Å². The van der Waals surface area contributed by atoms with E-state index in [2.05, 4.69) is 9.47 Å². The Morgan fingerprint density at radius 1 is 1.47 bits per heavy atom. The molecule has 7 heteroatoms. The molecule has 1 heterocycles. The number of aromatic nitrogens is 1. The minimum absolute atomic E-state index is 0.279. The zero-order valence-corrected chi connectivity index (χ0v) is 7.62. The summed E-state index contributed by atoms with van der Waals surface area (Å²) in [6, 6.07) is 2.09. The molecule has 0 fully saturated rings. The molecule has 0 aliphatic carbocycles. The van der Waals surface area contributed by atoms with E-state index >= 15 is 0 Å². The van der Waals surface area contributed by atoms with Crippen LogP contribution in [-0.2, 0) is 4.74 Å². The Balaban J connectivity index is 2.98. The van der Waals surface area contributed by atoms with Crippen molar-refractivity contribution in [2.24, 2.45) is 0 Å². The highest BCUT2D eigenvalue weighted by Gasteiger charge is 2.12. The van der Waals surface area contributed by atoms with Gasteiger partial charge >= 0.3 is 12.6 Å². The summed E-state index contributed by atoms with van der Waals surface area (Å²) < 4.78 is 31.7. The van der Waals surface area contributed by atoms with Gasteiger partial charge in [0.05, 0.1) is 7.11 Å². The summed E-state index contributed by atoms with van der Waals surface area (Å²) in [5, 5.41) is 0. The van der Waals surface area contributed by atoms with Crippen molar-refractivity contribution in [3.05, 3.63) is 28.0 Å². The maximum atomic E-state index is 11.7. The topological polar surface area (TPSA) is 68.4 Å². The third-order valence-corrected chi connectivity index (χ3v) is 1.50. The van der Waals surface area contributed by atoms with Gasteiger partial charge in [-0.2, -0.15) is 8.78 Å². The fourth-order valence-corrected chi connectivity index (χ4v) is 0.891. The van der Waals surface area contributed by atoms with E-state index in [0.29, 0.717) is 0 Å². The number of methoxy groups -OCH3 is 1. The molecule has 0 spiro atoms. The van der Waals surface area contributed by atoms with Crippen molar-refractivity contribution < 1.29 is 23.0 Å². The van der Waals surface area contributed by atoms with Crippen LogP contribution in [0, 0.1) is 0 Å². The van der Waals surface area contributed by atoms with Crippen molar-refractivity contribution in [1.82, 2.24) is 4.98 Å². The Labute approximate surface area is 82.6 Å². The van der Waals surface area contributed by atoms with Crippen LogP contribution in [0.2, 0.25) is 0 Å². The number of halogens is 2. The Hall–Kier alpha value is -1.92. The molecule has 1 rings (SSSR count). The highest BCUT2D eigenvalue weighted by Crippen LogP contribution is 2.08. The van der Waals surface area contributed by atoms with Crippen LogP contribution in [-0.4, -0.2) is 24.7 Å². The lowest BCUT2D eigenvalue weighted by Crippen LogP contribution is -2.19. The first-order valence-electron chi connectivity index (χ1n) is 3.81. The Morgan fingerprint density at radius 2 is 2.13 bits per heavy atom. The molecule has 1 aromatic rings. The number of rotatable bonds is 3. The minimum Gasteiger partial charge on any atom is -0.465 e. The maximum absolute atomic E-state index is 11.7. The summed E-state index contributed by atoms with van der Waals surface area (Å²) >= 11 is 0. The minimum atomic E-state index is -3.04. The summed E-state index contributed by atoms with van der Waals surface area (Å²) in [6.07, 6.45) is 0. The molecule has 0 aliphatic rings. The molecule has 0 radical (unpaired) electrons. The van der Waals surface area contributed by atoms with Crippen LogP contribution in [0.3, 0.4) is 0 Å². The molecular formula is C8H7F2NO4. The molecule has 0 unspecified atom stereocenters. The van der Waals surface area contributed by atoms with Crippen LogP contribution in [0.15, 0.2) is 16.9 Å². The third kappa shape index (κ3) is 2.76. The quantitative estimate of drug-likeness (QED) is 0.762. The molecule has 0 saturated carbocycles. The molecule has 0 aliphatic heterocycles. The first kappa shape index (κ1) is 11.2. The Kier molecular flexibility index (Phi) is 3.37. The summed E-state index contributed by atoms with van der Waals surface area (Å²) in [6.45, 7) is -3.04. The summed E-state index contributed by atoms with van der Waals surface area (Å²) in [5.74, 6) is -1.26. The van der Waals surface area contributed by atoms with Crippen LogP contribution in [0.4, 0.5) is 8.78 Å². The molecule has 82 valence electrons. The van der Waals surface area contributed by atoms with Gasteiger partial charge in [0.25, 0.3) is 5.56 Å². The summed E-state index contributed by atoms with van der Waals surface area (Å²) in [7, 11) is 1.10. The van der Waals surface area contributed by atoms with E-state index in [9.17, 15) is 18.4 Å². The van der Waals surface area contributed by atoms with Crippen molar-refractivity contribution in [2.45, 2.75) is 6.61 Å². The molecular weight excluding hydrogens is 212 g/mol. The fraction of sp³-hybridized carbons (Fsp3) is 0.250. The summed E-state index contributed by atoms with van der Waals surface area (Å²) in [4.78, 5) is 24.0. The number of esters is 1. The monoisotopic (exact) mass is 219 g/mol. The predicted octanol–water partition coefficient (Wildman–Crippen LogP) is 0.763. The van der Waals surface area contributed by atoms with E-state index in [4.69, 9.17) is 0 Å². The number of carbonyl (C=O) groups excluding carboxylic acids is 1. The first-order valence-corrected chi connectivity index (χ1v) is 3.81. The van der Waals surface area contributed by atoms with E-state index in [1.165, 1.54) is 0 Å². The van der Waals surface area contributed by atoms with E-state index in [0.717, 1.165) is 19.2 Å². The number of pyridine rings is 1. The summed E-state index contributed by atoms with van der Waals surface area (Å²) in [5.41, 5.74) is -1.13. The molecule has 0 amide bonds. The highest BCUT2D eigenvalue weighted by atomic mass is 19.3. The third-order valence-electron chi connectivity index (χ3n) is 1.50. The van der Waals surface area contributed by atoms with E-state index in [1.807, 2.05) is 4.98 Å². The highest BCUT2D eigenvalue weighted by molar-refractivity contribution is 5.88. The smallest absolute Gasteiger partial charge is 0.388 e. The van der Waals surface area contributed by atoms with Crippen LogP contribution in [0.25, 0.3) is 0 Å². The maximum Gasteiger partial charge on any atom is 0.388 e. The Morgan fingerprint density at radius 3 is 2.60 bits per heavy atom. The molecule has 1 aromatic heterocycles. The van der Waals surface area contributed by atoms with Crippen LogP contribution < -0.4 is 10.3 Å². The molecule has 0 saturated heterocycles. The van der Waals surface area contributed by atoms with Gasteiger partial charge in [-0.05, 0) is 12.1 Å². The number of hydrogen-bond acceptors (Lipinski definition) is 4. The largest absolute Gasteiger partial charge is 0.465 e. The number of carbonyl (C=O) groups is 1. The zero-order chi connectivity index (χ0) is 11.4. The standard InChI is InChI=1S/C8H7F2NO4/c1-14-7(13)4-2-3-5(11-6(4)12)15-8(9)10/h2-3,8H,1H3,(H,11,12). The lowest BCUT2D eigenvalue weighted by atomic mass is 10.3. The van der Waals surface area contributed by atoms with Crippen molar-refractivity contribution in [1.29, 1.82) is 0 Å². The van der Waals surface area contributed by atoms with Gasteiger partial charge in [-0.25, -0.2) is 4.79 Å². The Bertz CT molecular complexity index is 415.